The van der Waals surface area contributed by atoms with Gasteiger partial charge < -0.3 is 5.32 Å². The SMILES string of the molecule is C[C@H](N[C@H](C)c1ccccc1)C(=O)Nc1cccc(Br)c1. The maximum absolute atomic E-state index is 12.2. The van der Waals surface area contributed by atoms with E-state index >= 15 is 0 Å². The number of amides is 1. The molecule has 0 fully saturated rings. The number of carbonyl (C=O) groups is 1. The summed E-state index contributed by atoms with van der Waals surface area (Å²) in [7, 11) is 0. The molecule has 0 spiro atoms. The molecule has 21 heavy (non-hydrogen) atoms. The van der Waals surface area contributed by atoms with E-state index in [1.807, 2.05) is 49.4 Å². The number of halogens is 1. The van der Waals surface area contributed by atoms with E-state index in [1.165, 1.54) is 5.56 Å². The summed E-state index contributed by atoms with van der Waals surface area (Å²) in [6, 6.07) is 17.5. The van der Waals surface area contributed by atoms with Gasteiger partial charge in [-0.2, -0.15) is 0 Å². The predicted molar refractivity (Wildman–Crippen MR) is 90.2 cm³/mol. The molecule has 4 heteroatoms. The highest BCUT2D eigenvalue weighted by Crippen LogP contribution is 2.16. The molecule has 110 valence electrons. The summed E-state index contributed by atoms with van der Waals surface area (Å²) in [4.78, 5) is 12.2. The fourth-order valence-electron chi connectivity index (χ4n) is 2.11. The third-order valence-electron chi connectivity index (χ3n) is 3.29. The number of carbonyl (C=O) groups excluding carboxylic acids is 1. The van der Waals surface area contributed by atoms with Crippen LogP contribution >= 0.6 is 15.9 Å². The Hall–Kier alpha value is -1.65. The van der Waals surface area contributed by atoms with E-state index in [4.69, 9.17) is 0 Å². The zero-order valence-electron chi connectivity index (χ0n) is 12.1. The van der Waals surface area contributed by atoms with E-state index in [1.54, 1.807) is 0 Å². The van der Waals surface area contributed by atoms with Crippen molar-refractivity contribution in [1.29, 1.82) is 0 Å². The Morgan fingerprint density at radius 2 is 1.76 bits per heavy atom. The van der Waals surface area contributed by atoms with Crippen LogP contribution in [0.5, 0.6) is 0 Å². The number of anilines is 1. The summed E-state index contributed by atoms with van der Waals surface area (Å²) in [5.74, 6) is -0.0455. The van der Waals surface area contributed by atoms with Crippen LogP contribution in [0.25, 0.3) is 0 Å². The van der Waals surface area contributed by atoms with Crippen molar-refractivity contribution in [2.45, 2.75) is 25.9 Å². The molecule has 0 saturated carbocycles. The van der Waals surface area contributed by atoms with Crippen LogP contribution < -0.4 is 10.6 Å². The van der Waals surface area contributed by atoms with Crippen molar-refractivity contribution >= 4 is 27.5 Å². The molecule has 2 rings (SSSR count). The number of nitrogens with one attached hydrogen (secondary N) is 2. The molecular formula is C17H19BrN2O. The number of hydrogen-bond acceptors (Lipinski definition) is 2. The minimum Gasteiger partial charge on any atom is -0.325 e. The molecule has 0 aliphatic rings. The number of hydrogen-bond donors (Lipinski definition) is 2. The predicted octanol–water partition coefficient (Wildman–Crippen LogP) is 4.13. The Kier molecular flexibility index (Phi) is 5.53. The van der Waals surface area contributed by atoms with Crippen LogP contribution in [0.15, 0.2) is 59.1 Å². The van der Waals surface area contributed by atoms with Crippen LogP contribution in [0.1, 0.15) is 25.5 Å². The van der Waals surface area contributed by atoms with E-state index in [-0.39, 0.29) is 18.0 Å². The van der Waals surface area contributed by atoms with Crippen LogP contribution in [0.2, 0.25) is 0 Å². The zero-order chi connectivity index (χ0) is 15.2. The molecule has 1 amide bonds. The maximum atomic E-state index is 12.2. The highest BCUT2D eigenvalue weighted by molar-refractivity contribution is 9.10. The summed E-state index contributed by atoms with van der Waals surface area (Å²) in [5, 5.41) is 6.21. The highest BCUT2D eigenvalue weighted by Gasteiger charge is 2.16. The second-order valence-corrected chi connectivity index (χ2v) is 5.94. The highest BCUT2D eigenvalue weighted by atomic mass is 79.9. The van der Waals surface area contributed by atoms with Gasteiger partial charge in [0, 0.05) is 16.2 Å². The number of benzene rings is 2. The van der Waals surface area contributed by atoms with Gasteiger partial charge in [0.05, 0.1) is 6.04 Å². The largest absolute Gasteiger partial charge is 0.325 e. The van der Waals surface area contributed by atoms with Crippen LogP contribution in [0.4, 0.5) is 5.69 Å². The fourth-order valence-corrected chi connectivity index (χ4v) is 2.50. The van der Waals surface area contributed by atoms with Gasteiger partial charge in [-0.15, -0.1) is 0 Å². The lowest BCUT2D eigenvalue weighted by atomic mass is 10.1. The number of rotatable bonds is 5. The third kappa shape index (κ3) is 4.69. The Bertz CT molecular complexity index is 601. The van der Waals surface area contributed by atoms with Gasteiger partial charge >= 0.3 is 0 Å². The van der Waals surface area contributed by atoms with E-state index < -0.39 is 0 Å². The maximum Gasteiger partial charge on any atom is 0.241 e. The summed E-state index contributed by atoms with van der Waals surface area (Å²) in [5.41, 5.74) is 1.95. The van der Waals surface area contributed by atoms with Crippen LogP contribution in [-0.2, 0) is 4.79 Å². The van der Waals surface area contributed by atoms with Gasteiger partial charge in [0.2, 0.25) is 5.91 Å². The van der Waals surface area contributed by atoms with Gasteiger partial charge in [0.1, 0.15) is 0 Å². The first-order valence-corrected chi connectivity index (χ1v) is 7.73. The van der Waals surface area contributed by atoms with Crippen LogP contribution in [-0.4, -0.2) is 11.9 Å². The fraction of sp³-hybridized carbons (Fsp3) is 0.235. The molecule has 2 N–H and O–H groups in total. The zero-order valence-corrected chi connectivity index (χ0v) is 13.7. The molecule has 2 aromatic rings. The monoisotopic (exact) mass is 346 g/mol. The lowest BCUT2D eigenvalue weighted by Gasteiger charge is -2.20. The summed E-state index contributed by atoms with van der Waals surface area (Å²) >= 11 is 3.39. The Morgan fingerprint density at radius 3 is 2.43 bits per heavy atom. The smallest absolute Gasteiger partial charge is 0.241 e. The molecule has 0 saturated heterocycles. The van der Waals surface area contributed by atoms with Crippen LogP contribution in [0.3, 0.4) is 0 Å². The van der Waals surface area contributed by atoms with Gasteiger partial charge in [-0.3, -0.25) is 10.1 Å². The van der Waals surface area contributed by atoms with Gasteiger partial charge in [-0.25, -0.2) is 0 Å². The summed E-state index contributed by atoms with van der Waals surface area (Å²) in [6.07, 6.45) is 0. The van der Waals surface area contributed by atoms with Crippen molar-refractivity contribution in [2.75, 3.05) is 5.32 Å². The van der Waals surface area contributed by atoms with E-state index in [2.05, 4.69) is 45.6 Å². The molecule has 2 atom stereocenters. The molecule has 2 aromatic carbocycles. The first-order valence-electron chi connectivity index (χ1n) is 6.93. The van der Waals surface area contributed by atoms with Crippen molar-refractivity contribution in [3.05, 3.63) is 64.6 Å². The normalized spacial score (nSPS) is 13.5. The Balaban J connectivity index is 1.93. The van der Waals surface area contributed by atoms with E-state index in [9.17, 15) is 4.79 Å². The first kappa shape index (κ1) is 15.7. The van der Waals surface area contributed by atoms with Crippen LogP contribution in [0, 0.1) is 0 Å². The molecule has 0 aromatic heterocycles. The summed E-state index contributed by atoms with van der Waals surface area (Å²) in [6.45, 7) is 3.92. The van der Waals surface area contributed by atoms with E-state index in [0.717, 1.165) is 10.2 Å². The average molecular weight is 347 g/mol. The molecule has 0 aliphatic carbocycles. The minimum absolute atomic E-state index is 0.0455. The van der Waals surface area contributed by atoms with E-state index in [0.29, 0.717) is 0 Å². The molecule has 0 radical (unpaired) electrons. The van der Waals surface area contributed by atoms with Gasteiger partial charge in [-0.05, 0) is 37.6 Å². The average Bonchev–Trinajstić information content (AvgIpc) is 2.48. The van der Waals surface area contributed by atoms with Gasteiger partial charge in [0.25, 0.3) is 0 Å². The lowest BCUT2D eigenvalue weighted by Crippen LogP contribution is -2.39. The second-order valence-electron chi connectivity index (χ2n) is 5.02. The molecule has 0 aliphatic heterocycles. The molecule has 0 bridgehead atoms. The third-order valence-corrected chi connectivity index (χ3v) is 3.78. The van der Waals surface area contributed by atoms with Crippen molar-refractivity contribution < 1.29 is 4.79 Å². The summed E-state index contributed by atoms with van der Waals surface area (Å²) < 4.78 is 0.943. The quantitative estimate of drug-likeness (QED) is 0.854. The van der Waals surface area contributed by atoms with Gasteiger partial charge in [0.15, 0.2) is 0 Å². The van der Waals surface area contributed by atoms with Crippen molar-refractivity contribution in [1.82, 2.24) is 5.32 Å². The van der Waals surface area contributed by atoms with Crippen molar-refractivity contribution in [3.63, 3.8) is 0 Å². The molecule has 3 nitrogen and oxygen atoms in total. The topological polar surface area (TPSA) is 41.1 Å². The standard InChI is InChI=1S/C17H19BrN2O/c1-12(14-7-4-3-5-8-14)19-13(2)17(21)20-16-10-6-9-15(18)11-16/h3-13,19H,1-2H3,(H,20,21)/t12-,13+/m1/s1. The van der Waals surface area contributed by atoms with Gasteiger partial charge in [-0.1, -0.05) is 52.3 Å². The molecular weight excluding hydrogens is 328 g/mol. The second kappa shape index (κ2) is 7.38. The minimum atomic E-state index is -0.279. The molecule has 0 unspecified atom stereocenters. The Labute approximate surface area is 133 Å². The first-order chi connectivity index (χ1) is 10.1. The van der Waals surface area contributed by atoms with Crippen molar-refractivity contribution in [3.8, 4) is 0 Å². The Morgan fingerprint density at radius 1 is 1.05 bits per heavy atom. The molecule has 0 heterocycles. The lowest BCUT2D eigenvalue weighted by molar-refractivity contribution is -0.117. The van der Waals surface area contributed by atoms with Crippen molar-refractivity contribution in [2.24, 2.45) is 0 Å².